The van der Waals surface area contributed by atoms with Gasteiger partial charge in [-0.15, -0.1) is 11.3 Å². The summed E-state index contributed by atoms with van der Waals surface area (Å²) in [6, 6.07) is 13.4. The molecule has 28 heavy (non-hydrogen) atoms. The molecule has 0 amide bonds. The Kier molecular flexibility index (Phi) is 5.92. The Balaban J connectivity index is 1.89. The molecule has 0 bridgehead atoms. The van der Waals surface area contributed by atoms with E-state index in [1.54, 1.807) is 31.2 Å². The number of anilines is 2. The third kappa shape index (κ3) is 4.79. The van der Waals surface area contributed by atoms with Gasteiger partial charge in [0.1, 0.15) is 9.10 Å². The predicted octanol–water partition coefficient (Wildman–Crippen LogP) is 4.96. The van der Waals surface area contributed by atoms with E-state index in [1.165, 1.54) is 24.3 Å². The van der Waals surface area contributed by atoms with Crippen LogP contribution in [0.25, 0.3) is 0 Å². The highest BCUT2D eigenvalue weighted by Gasteiger charge is 2.25. The highest BCUT2D eigenvalue weighted by Crippen LogP contribution is 2.31. The first kappa shape index (κ1) is 20.9. The lowest BCUT2D eigenvalue weighted by Gasteiger charge is -2.07. The van der Waals surface area contributed by atoms with E-state index < -0.39 is 20.0 Å². The molecular formula is C17H14Cl2N2O4S3. The number of benzene rings is 2. The molecule has 2 N–H and O–H groups in total. The highest BCUT2D eigenvalue weighted by atomic mass is 35.5. The molecule has 11 heteroatoms. The van der Waals surface area contributed by atoms with E-state index in [2.05, 4.69) is 9.44 Å². The molecule has 0 unspecified atom stereocenters. The smallest absolute Gasteiger partial charge is 0.271 e. The molecule has 0 aliphatic carbocycles. The minimum atomic E-state index is -3.97. The zero-order valence-corrected chi connectivity index (χ0v) is 18.3. The van der Waals surface area contributed by atoms with Crippen molar-refractivity contribution in [2.45, 2.75) is 16.0 Å². The lowest BCUT2D eigenvalue weighted by Crippen LogP contribution is -2.14. The summed E-state index contributed by atoms with van der Waals surface area (Å²) in [5, 5.41) is 0.938. The number of rotatable bonds is 6. The second-order valence-corrected chi connectivity index (χ2v) is 11.4. The molecule has 0 atom stereocenters. The molecule has 2 aromatic carbocycles. The van der Waals surface area contributed by atoms with E-state index in [9.17, 15) is 16.8 Å². The third-order valence-electron chi connectivity index (χ3n) is 3.60. The SMILES string of the molecule is Cc1sc(S(=O)(=O)Nc2ccc(Cl)cc2)cc1S(=O)(=O)Nc1ccc(Cl)cc1. The topological polar surface area (TPSA) is 92.3 Å². The zero-order valence-electron chi connectivity index (χ0n) is 14.3. The molecule has 1 heterocycles. The summed E-state index contributed by atoms with van der Waals surface area (Å²) in [4.78, 5) is 0.238. The van der Waals surface area contributed by atoms with E-state index in [1.807, 2.05) is 0 Å². The van der Waals surface area contributed by atoms with Gasteiger partial charge in [-0.3, -0.25) is 9.44 Å². The van der Waals surface area contributed by atoms with Crippen molar-refractivity contribution in [2.75, 3.05) is 9.44 Å². The van der Waals surface area contributed by atoms with Crippen LogP contribution in [0.2, 0.25) is 10.0 Å². The van der Waals surface area contributed by atoms with Crippen molar-refractivity contribution in [1.29, 1.82) is 0 Å². The molecule has 0 saturated carbocycles. The number of hydrogen-bond donors (Lipinski definition) is 2. The van der Waals surface area contributed by atoms with Crippen LogP contribution in [0.1, 0.15) is 4.88 Å². The fourth-order valence-electron chi connectivity index (χ4n) is 2.29. The van der Waals surface area contributed by atoms with Crippen molar-refractivity contribution >= 4 is 66.0 Å². The third-order valence-corrected chi connectivity index (χ3v) is 8.64. The van der Waals surface area contributed by atoms with Gasteiger partial charge in [0.05, 0.1) is 0 Å². The second kappa shape index (κ2) is 7.92. The van der Waals surface area contributed by atoms with E-state index in [0.29, 0.717) is 26.3 Å². The number of hydrogen-bond acceptors (Lipinski definition) is 5. The van der Waals surface area contributed by atoms with E-state index >= 15 is 0 Å². The standard InChI is InChI=1S/C17H14Cl2N2O4S3/c1-11-16(27(22,23)20-14-6-2-12(18)3-7-14)10-17(26-11)28(24,25)21-15-8-4-13(19)5-9-15/h2-10,20-21H,1H3. The average molecular weight is 477 g/mol. The van der Waals surface area contributed by atoms with Crippen LogP contribution >= 0.6 is 34.5 Å². The average Bonchev–Trinajstić information content (AvgIpc) is 3.02. The van der Waals surface area contributed by atoms with Crippen LogP contribution in [-0.2, 0) is 20.0 Å². The Morgan fingerprint density at radius 3 is 1.64 bits per heavy atom. The minimum Gasteiger partial charge on any atom is -0.280 e. The van der Waals surface area contributed by atoms with Crippen molar-refractivity contribution < 1.29 is 16.8 Å². The van der Waals surface area contributed by atoms with Crippen LogP contribution in [0.3, 0.4) is 0 Å². The summed E-state index contributed by atoms with van der Waals surface area (Å²) < 4.78 is 55.3. The quantitative estimate of drug-likeness (QED) is 0.525. The van der Waals surface area contributed by atoms with Gasteiger partial charge in [-0.25, -0.2) is 16.8 Å². The molecule has 148 valence electrons. The van der Waals surface area contributed by atoms with Gasteiger partial charge < -0.3 is 0 Å². The molecule has 0 aliphatic rings. The van der Waals surface area contributed by atoms with E-state index in [0.717, 1.165) is 17.4 Å². The van der Waals surface area contributed by atoms with Crippen molar-refractivity contribution in [2.24, 2.45) is 0 Å². The molecular weight excluding hydrogens is 463 g/mol. The summed E-state index contributed by atoms with van der Waals surface area (Å²) in [6.07, 6.45) is 0. The van der Waals surface area contributed by atoms with Crippen LogP contribution in [0.5, 0.6) is 0 Å². The molecule has 3 aromatic rings. The maximum absolute atomic E-state index is 12.7. The van der Waals surface area contributed by atoms with Crippen LogP contribution in [0, 0.1) is 6.92 Å². The Morgan fingerprint density at radius 2 is 1.18 bits per heavy atom. The molecule has 6 nitrogen and oxygen atoms in total. The van der Waals surface area contributed by atoms with Gasteiger partial charge in [-0.1, -0.05) is 23.2 Å². The number of sulfonamides is 2. The fourth-order valence-corrected chi connectivity index (χ4v) is 6.75. The number of nitrogens with one attached hydrogen (secondary N) is 2. The summed E-state index contributed by atoms with van der Waals surface area (Å²) in [7, 11) is -7.92. The Labute approximate surface area is 177 Å². The van der Waals surface area contributed by atoms with Gasteiger partial charge in [-0.2, -0.15) is 0 Å². The minimum absolute atomic E-state index is 0.107. The first-order chi connectivity index (χ1) is 13.1. The van der Waals surface area contributed by atoms with Crippen LogP contribution < -0.4 is 9.44 Å². The maximum Gasteiger partial charge on any atom is 0.271 e. The van der Waals surface area contributed by atoms with Gasteiger partial charge in [0.15, 0.2) is 0 Å². The van der Waals surface area contributed by atoms with Crippen LogP contribution in [0.15, 0.2) is 63.7 Å². The largest absolute Gasteiger partial charge is 0.280 e. The van der Waals surface area contributed by atoms with Crippen molar-refractivity contribution in [3.05, 3.63) is 69.5 Å². The van der Waals surface area contributed by atoms with Gasteiger partial charge >= 0.3 is 0 Å². The number of thiophene rings is 1. The first-order valence-corrected chi connectivity index (χ1v) is 12.3. The van der Waals surface area contributed by atoms with E-state index in [4.69, 9.17) is 23.2 Å². The normalized spacial score (nSPS) is 12.0. The number of halogens is 2. The molecule has 0 saturated heterocycles. The summed E-state index contributed by atoms with van der Waals surface area (Å²) >= 11 is 12.5. The van der Waals surface area contributed by atoms with Crippen molar-refractivity contribution in [1.82, 2.24) is 0 Å². The van der Waals surface area contributed by atoms with Crippen LogP contribution in [-0.4, -0.2) is 16.8 Å². The zero-order chi connectivity index (χ0) is 20.5. The lowest BCUT2D eigenvalue weighted by molar-refractivity contribution is 0.601. The summed E-state index contributed by atoms with van der Waals surface area (Å²) in [5.74, 6) is 0. The highest BCUT2D eigenvalue weighted by molar-refractivity contribution is 7.95. The monoisotopic (exact) mass is 476 g/mol. The molecule has 0 radical (unpaired) electrons. The van der Waals surface area contributed by atoms with Crippen molar-refractivity contribution in [3.63, 3.8) is 0 Å². The fraction of sp³-hybridized carbons (Fsp3) is 0.0588. The van der Waals surface area contributed by atoms with Crippen molar-refractivity contribution in [3.8, 4) is 0 Å². The maximum atomic E-state index is 12.7. The molecule has 0 fully saturated rings. The van der Waals surface area contributed by atoms with Gasteiger partial charge in [0, 0.05) is 26.3 Å². The molecule has 0 aliphatic heterocycles. The Morgan fingerprint density at radius 1 is 0.750 bits per heavy atom. The Hall–Kier alpha value is -1.78. The molecule has 3 rings (SSSR count). The molecule has 1 aromatic heterocycles. The predicted molar refractivity (Wildman–Crippen MR) is 114 cm³/mol. The summed E-state index contributed by atoms with van der Waals surface area (Å²) in [6.45, 7) is 1.54. The molecule has 0 spiro atoms. The van der Waals surface area contributed by atoms with Crippen LogP contribution in [0.4, 0.5) is 11.4 Å². The second-order valence-electron chi connectivity index (χ2n) is 5.71. The van der Waals surface area contributed by atoms with Gasteiger partial charge in [0.25, 0.3) is 20.0 Å². The first-order valence-electron chi connectivity index (χ1n) is 7.74. The number of aryl methyl sites for hydroxylation is 1. The van der Waals surface area contributed by atoms with Gasteiger partial charge in [0.2, 0.25) is 0 Å². The summed E-state index contributed by atoms with van der Waals surface area (Å²) in [5.41, 5.74) is 0.637. The Bertz CT molecular complexity index is 1200. The van der Waals surface area contributed by atoms with Gasteiger partial charge in [-0.05, 0) is 61.5 Å². The lowest BCUT2D eigenvalue weighted by atomic mass is 10.3. The van der Waals surface area contributed by atoms with E-state index in [-0.39, 0.29) is 9.10 Å².